The van der Waals surface area contributed by atoms with Gasteiger partial charge in [-0.2, -0.15) is 0 Å². The van der Waals surface area contributed by atoms with Crippen LogP contribution in [0.5, 0.6) is 0 Å². The molecule has 0 amide bonds. The Hall–Kier alpha value is -0.930. The molecule has 0 unspecified atom stereocenters. The topological polar surface area (TPSA) is 28.2 Å². The molecule has 3 nitrogen and oxygen atoms in total. The van der Waals surface area contributed by atoms with E-state index >= 15 is 0 Å². The molecule has 1 aromatic heterocycles. The molecule has 0 saturated carbocycles. The molecular weight excluding hydrogens is 198 g/mol. The summed E-state index contributed by atoms with van der Waals surface area (Å²) in [6.07, 6.45) is 6.06. The predicted molar refractivity (Wildman–Crippen MR) is 68.6 cm³/mol. The summed E-state index contributed by atoms with van der Waals surface area (Å²) < 4.78 is 0. The highest BCUT2D eigenvalue weighted by atomic mass is 15.1. The molecule has 1 heterocycles. The Bertz CT molecular complexity index is 261. The van der Waals surface area contributed by atoms with Gasteiger partial charge in [-0.3, -0.25) is 4.98 Å². The van der Waals surface area contributed by atoms with Crippen molar-refractivity contribution in [1.82, 2.24) is 15.2 Å². The highest BCUT2D eigenvalue weighted by molar-refractivity contribution is 5.09. The van der Waals surface area contributed by atoms with Crippen LogP contribution in [0.15, 0.2) is 24.5 Å². The SMILES string of the molecule is CCNCCCN(C)CCc1ccncc1. The van der Waals surface area contributed by atoms with E-state index in [0.29, 0.717) is 0 Å². The molecular formula is C13H23N3. The summed E-state index contributed by atoms with van der Waals surface area (Å²) in [7, 11) is 2.19. The number of nitrogens with zero attached hydrogens (tertiary/aromatic N) is 2. The number of hydrogen-bond acceptors (Lipinski definition) is 3. The van der Waals surface area contributed by atoms with E-state index in [2.05, 4.69) is 41.3 Å². The van der Waals surface area contributed by atoms with Crippen molar-refractivity contribution in [3.05, 3.63) is 30.1 Å². The van der Waals surface area contributed by atoms with E-state index in [1.54, 1.807) is 0 Å². The highest BCUT2D eigenvalue weighted by Crippen LogP contribution is 1.99. The molecule has 3 heteroatoms. The molecule has 90 valence electrons. The maximum Gasteiger partial charge on any atom is 0.0270 e. The Morgan fingerprint density at radius 1 is 1.25 bits per heavy atom. The third kappa shape index (κ3) is 5.83. The minimum Gasteiger partial charge on any atom is -0.317 e. The first kappa shape index (κ1) is 13.1. The van der Waals surface area contributed by atoms with Gasteiger partial charge in [0.15, 0.2) is 0 Å². The van der Waals surface area contributed by atoms with Crippen molar-refractivity contribution in [1.29, 1.82) is 0 Å². The third-order valence-corrected chi connectivity index (χ3v) is 2.67. The first-order valence-corrected chi connectivity index (χ1v) is 6.11. The third-order valence-electron chi connectivity index (χ3n) is 2.67. The molecule has 0 fully saturated rings. The fraction of sp³-hybridized carbons (Fsp3) is 0.615. The molecule has 1 rings (SSSR count). The molecule has 1 aromatic rings. The van der Waals surface area contributed by atoms with Crippen LogP contribution in [0.4, 0.5) is 0 Å². The monoisotopic (exact) mass is 221 g/mol. The Morgan fingerprint density at radius 2 is 2.00 bits per heavy atom. The molecule has 0 saturated heterocycles. The van der Waals surface area contributed by atoms with Gasteiger partial charge in [-0.1, -0.05) is 6.92 Å². The second kappa shape index (κ2) is 8.25. The average Bonchev–Trinajstić information content (AvgIpc) is 2.33. The average molecular weight is 221 g/mol. The van der Waals surface area contributed by atoms with Crippen LogP contribution in [0, 0.1) is 0 Å². The van der Waals surface area contributed by atoms with Crippen molar-refractivity contribution in [2.24, 2.45) is 0 Å². The predicted octanol–water partition coefficient (Wildman–Crippen LogP) is 1.56. The second-order valence-corrected chi connectivity index (χ2v) is 4.12. The van der Waals surface area contributed by atoms with Gasteiger partial charge in [-0.25, -0.2) is 0 Å². The van der Waals surface area contributed by atoms with Crippen LogP contribution in [-0.2, 0) is 6.42 Å². The van der Waals surface area contributed by atoms with Gasteiger partial charge in [0.1, 0.15) is 0 Å². The maximum atomic E-state index is 4.02. The minimum absolute atomic E-state index is 1.07. The molecule has 0 radical (unpaired) electrons. The van der Waals surface area contributed by atoms with Crippen LogP contribution >= 0.6 is 0 Å². The van der Waals surface area contributed by atoms with Crippen LogP contribution < -0.4 is 5.32 Å². The van der Waals surface area contributed by atoms with Gasteiger partial charge in [0, 0.05) is 18.9 Å². The van der Waals surface area contributed by atoms with Crippen molar-refractivity contribution >= 4 is 0 Å². The fourth-order valence-corrected chi connectivity index (χ4v) is 1.63. The van der Waals surface area contributed by atoms with E-state index in [1.165, 1.54) is 12.0 Å². The molecule has 0 spiro atoms. The van der Waals surface area contributed by atoms with Gasteiger partial charge in [0.05, 0.1) is 0 Å². The standard InChI is InChI=1S/C13H23N3/c1-3-14-8-4-11-16(2)12-7-13-5-9-15-10-6-13/h5-6,9-10,14H,3-4,7-8,11-12H2,1-2H3. The summed E-state index contributed by atoms with van der Waals surface area (Å²) in [6.45, 7) is 6.62. The number of rotatable bonds is 8. The van der Waals surface area contributed by atoms with E-state index in [4.69, 9.17) is 0 Å². The van der Waals surface area contributed by atoms with E-state index in [1.807, 2.05) is 12.4 Å². The summed E-state index contributed by atoms with van der Waals surface area (Å²) >= 11 is 0. The van der Waals surface area contributed by atoms with Crippen molar-refractivity contribution in [2.75, 3.05) is 33.2 Å². The van der Waals surface area contributed by atoms with E-state index < -0.39 is 0 Å². The molecule has 16 heavy (non-hydrogen) atoms. The zero-order valence-electron chi connectivity index (χ0n) is 10.4. The Balaban J connectivity index is 2.08. The van der Waals surface area contributed by atoms with E-state index in [9.17, 15) is 0 Å². The summed E-state index contributed by atoms with van der Waals surface area (Å²) in [5.41, 5.74) is 1.37. The fourth-order valence-electron chi connectivity index (χ4n) is 1.63. The van der Waals surface area contributed by atoms with Gasteiger partial charge < -0.3 is 10.2 Å². The number of nitrogens with one attached hydrogen (secondary N) is 1. The molecule has 0 bridgehead atoms. The lowest BCUT2D eigenvalue weighted by Gasteiger charge is -2.16. The number of pyridine rings is 1. The van der Waals surface area contributed by atoms with E-state index in [-0.39, 0.29) is 0 Å². The van der Waals surface area contributed by atoms with Crippen LogP contribution in [0.25, 0.3) is 0 Å². The van der Waals surface area contributed by atoms with Gasteiger partial charge in [0.2, 0.25) is 0 Å². The van der Waals surface area contributed by atoms with Crippen molar-refractivity contribution in [3.8, 4) is 0 Å². The lowest BCUT2D eigenvalue weighted by atomic mass is 10.2. The number of hydrogen-bond donors (Lipinski definition) is 1. The van der Waals surface area contributed by atoms with E-state index in [0.717, 1.165) is 32.6 Å². The molecule has 0 aromatic carbocycles. The lowest BCUT2D eigenvalue weighted by Crippen LogP contribution is -2.25. The molecule has 0 aliphatic carbocycles. The summed E-state index contributed by atoms with van der Waals surface area (Å²) in [5, 5.41) is 3.34. The smallest absolute Gasteiger partial charge is 0.0270 e. The second-order valence-electron chi connectivity index (χ2n) is 4.12. The zero-order chi connectivity index (χ0) is 11.6. The van der Waals surface area contributed by atoms with Gasteiger partial charge in [-0.05, 0) is 57.2 Å². The molecule has 0 atom stereocenters. The van der Waals surface area contributed by atoms with Gasteiger partial charge in [0.25, 0.3) is 0 Å². The normalized spacial score (nSPS) is 10.9. The van der Waals surface area contributed by atoms with Crippen molar-refractivity contribution in [2.45, 2.75) is 19.8 Å². The minimum atomic E-state index is 1.07. The lowest BCUT2D eigenvalue weighted by molar-refractivity contribution is 0.331. The molecule has 0 aliphatic rings. The van der Waals surface area contributed by atoms with Crippen LogP contribution in [0.2, 0.25) is 0 Å². The summed E-state index contributed by atoms with van der Waals surface area (Å²) in [5.74, 6) is 0. The Kier molecular flexibility index (Phi) is 6.77. The van der Waals surface area contributed by atoms with Crippen molar-refractivity contribution in [3.63, 3.8) is 0 Å². The largest absolute Gasteiger partial charge is 0.317 e. The highest BCUT2D eigenvalue weighted by Gasteiger charge is 1.98. The van der Waals surface area contributed by atoms with Gasteiger partial charge >= 0.3 is 0 Å². The first-order valence-electron chi connectivity index (χ1n) is 6.11. The molecule has 1 N–H and O–H groups in total. The maximum absolute atomic E-state index is 4.02. The van der Waals surface area contributed by atoms with Crippen LogP contribution in [0.1, 0.15) is 18.9 Å². The summed E-state index contributed by atoms with van der Waals surface area (Å²) in [6, 6.07) is 4.18. The Morgan fingerprint density at radius 3 is 2.69 bits per heavy atom. The van der Waals surface area contributed by atoms with Crippen LogP contribution in [0.3, 0.4) is 0 Å². The Labute approximate surface area is 98.9 Å². The van der Waals surface area contributed by atoms with Crippen molar-refractivity contribution < 1.29 is 0 Å². The number of aromatic nitrogens is 1. The first-order chi connectivity index (χ1) is 7.83. The molecule has 0 aliphatic heterocycles. The number of likely N-dealkylation sites (N-methyl/N-ethyl adjacent to an activating group) is 1. The zero-order valence-corrected chi connectivity index (χ0v) is 10.4. The quantitative estimate of drug-likeness (QED) is 0.675. The van der Waals surface area contributed by atoms with Crippen LogP contribution in [-0.4, -0.2) is 43.1 Å². The summed E-state index contributed by atoms with van der Waals surface area (Å²) in [4.78, 5) is 6.41. The van der Waals surface area contributed by atoms with Gasteiger partial charge in [-0.15, -0.1) is 0 Å².